The lowest BCUT2D eigenvalue weighted by atomic mass is 9.97. The van der Waals surface area contributed by atoms with Gasteiger partial charge in [-0.1, -0.05) is 24.6 Å². The van der Waals surface area contributed by atoms with Crippen LogP contribution in [0.1, 0.15) is 56.6 Å². The number of anilines is 1. The number of benzene rings is 1. The smallest absolute Gasteiger partial charge is 0.243 e. The first-order chi connectivity index (χ1) is 12.7. The van der Waals surface area contributed by atoms with Gasteiger partial charge in [0.05, 0.1) is 11.9 Å². The van der Waals surface area contributed by atoms with Crippen molar-refractivity contribution in [2.45, 2.75) is 65.3 Å². The van der Waals surface area contributed by atoms with Crippen molar-refractivity contribution in [2.75, 3.05) is 17.1 Å². The van der Waals surface area contributed by atoms with Crippen LogP contribution >= 0.6 is 0 Å². The molecule has 150 valence electrons. The van der Waals surface area contributed by atoms with E-state index in [2.05, 4.69) is 11.4 Å². The van der Waals surface area contributed by atoms with Crippen molar-refractivity contribution in [1.29, 1.82) is 0 Å². The SMILES string of the molecule is CC[C@@H](C(=O)NCCC1=CCCCC1)N(c1cc(C)cc(C)c1)S(C)(=O)=O. The second-order valence-corrected chi connectivity index (χ2v) is 9.34. The fourth-order valence-electron chi connectivity index (χ4n) is 3.73. The van der Waals surface area contributed by atoms with Gasteiger partial charge in [0, 0.05) is 6.54 Å². The molecule has 0 heterocycles. The third-order valence-electron chi connectivity index (χ3n) is 4.92. The van der Waals surface area contributed by atoms with Crippen molar-refractivity contribution >= 4 is 21.6 Å². The van der Waals surface area contributed by atoms with E-state index in [1.54, 1.807) is 0 Å². The molecule has 0 radical (unpaired) electrons. The molecule has 1 amide bonds. The van der Waals surface area contributed by atoms with Crippen molar-refractivity contribution in [1.82, 2.24) is 5.32 Å². The summed E-state index contributed by atoms with van der Waals surface area (Å²) in [5, 5.41) is 2.95. The number of sulfonamides is 1. The van der Waals surface area contributed by atoms with E-state index >= 15 is 0 Å². The minimum Gasteiger partial charge on any atom is -0.354 e. The molecule has 0 saturated heterocycles. The summed E-state index contributed by atoms with van der Waals surface area (Å²) in [6, 6.07) is 4.87. The molecular weight excluding hydrogens is 360 g/mol. The molecule has 0 spiro atoms. The Morgan fingerprint density at radius 2 is 1.85 bits per heavy atom. The first kappa shape index (κ1) is 21.5. The van der Waals surface area contributed by atoms with Crippen LogP contribution in [-0.2, 0) is 14.8 Å². The Balaban J connectivity index is 2.16. The molecule has 0 fully saturated rings. The molecule has 1 aromatic rings. The van der Waals surface area contributed by atoms with E-state index in [1.807, 2.05) is 39.0 Å². The van der Waals surface area contributed by atoms with E-state index in [-0.39, 0.29) is 5.91 Å². The standard InChI is InChI=1S/C21H32N2O3S/c1-5-20(21(24)22-12-11-18-9-7-6-8-10-18)23(27(4,25)26)19-14-16(2)13-17(3)15-19/h9,13-15,20H,5-8,10-12H2,1-4H3,(H,22,24)/t20-/m0/s1. The fourth-order valence-corrected chi connectivity index (χ4v) is 4.93. The molecule has 27 heavy (non-hydrogen) atoms. The van der Waals surface area contributed by atoms with Crippen LogP contribution in [0.2, 0.25) is 0 Å². The zero-order chi connectivity index (χ0) is 20.0. The fraction of sp³-hybridized carbons (Fsp3) is 0.571. The van der Waals surface area contributed by atoms with Crippen LogP contribution in [0.15, 0.2) is 29.8 Å². The van der Waals surface area contributed by atoms with Crippen LogP contribution in [0.25, 0.3) is 0 Å². The summed E-state index contributed by atoms with van der Waals surface area (Å²) in [5.74, 6) is -0.238. The van der Waals surface area contributed by atoms with Gasteiger partial charge in [0.2, 0.25) is 15.9 Å². The molecular formula is C21H32N2O3S. The van der Waals surface area contributed by atoms with E-state index in [0.717, 1.165) is 36.6 Å². The number of hydrogen-bond donors (Lipinski definition) is 1. The molecule has 1 aromatic carbocycles. The Bertz CT molecular complexity index is 779. The van der Waals surface area contributed by atoms with Crippen LogP contribution in [0.4, 0.5) is 5.69 Å². The minimum atomic E-state index is -3.59. The molecule has 0 saturated carbocycles. The van der Waals surface area contributed by atoms with Crippen LogP contribution in [0.5, 0.6) is 0 Å². The number of carbonyl (C=O) groups excluding carboxylic acids is 1. The van der Waals surface area contributed by atoms with E-state index in [0.29, 0.717) is 18.7 Å². The predicted octanol–water partition coefficient (Wildman–Crippen LogP) is 3.85. The molecule has 1 N–H and O–H groups in total. The summed E-state index contributed by atoms with van der Waals surface area (Å²) in [6.45, 7) is 6.24. The molecule has 0 aromatic heterocycles. The summed E-state index contributed by atoms with van der Waals surface area (Å²) in [7, 11) is -3.59. The molecule has 1 aliphatic rings. The lowest BCUT2D eigenvalue weighted by Gasteiger charge is -2.30. The van der Waals surface area contributed by atoms with Crippen LogP contribution in [-0.4, -0.2) is 33.2 Å². The summed E-state index contributed by atoms with van der Waals surface area (Å²) < 4.78 is 26.3. The minimum absolute atomic E-state index is 0.238. The number of nitrogens with zero attached hydrogens (tertiary/aromatic N) is 1. The molecule has 0 unspecified atom stereocenters. The Labute approximate surface area is 163 Å². The maximum atomic E-state index is 12.8. The van der Waals surface area contributed by atoms with E-state index < -0.39 is 16.1 Å². The van der Waals surface area contributed by atoms with Gasteiger partial charge in [-0.05, 0) is 75.6 Å². The maximum absolute atomic E-state index is 12.8. The van der Waals surface area contributed by atoms with E-state index in [4.69, 9.17) is 0 Å². The summed E-state index contributed by atoms with van der Waals surface area (Å²) >= 11 is 0. The van der Waals surface area contributed by atoms with Crippen LogP contribution < -0.4 is 9.62 Å². The predicted molar refractivity (Wildman–Crippen MR) is 111 cm³/mol. The topological polar surface area (TPSA) is 66.5 Å². The third-order valence-corrected chi connectivity index (χ3v) is 6.10. The van der Waals surface area contributed by atoms with Crippen molar-refractivity contribution in [2.24, 2.45) is 0 Å². The molecule has 1 aliphatic carbocycles. The number of carbonyl (C=O) groups is 1. The highest BCUT2D eigenvalue weighted by Gasteiger charge is 2.31. The van der Waals surface area contributed by atoms with Gasteiger partial charge in [-0.25, -0.2) is 8.42 Å². The third kappa shape index (κ3) is 6.09. The molecule has 0 aliphatic heterocycles. The van der Waals surface area contributed by atoms with Gasteiger partial charge in [0.1, 0.15) is 6.04 Å². The highest BCUT2D eigenvalue weighted by molar-refractivity contribution is 7.92. The van der Waals surface area contributed by atoms with Crippen LogP contribution in [0, 0.1) is 13.8 Å². The Morgan fingerprint density at radius 1 is 1.19 bits per heavy atom. The summed E-state index contributed by atoms with van der Waals surface area (Å²) in [6.07, 6.45) is 9.36. The number of rotatable bonds is 8. The maximum Gasteiger partial charge on any atom is 0.243 e. The lowest BCUT2D eigenvalue weighted by Crippen LogP contribution is -2.49. The monoisotopic (exact) mass is 392 g/mol. The van der Waals surface area contributed by atoms with Gasteiger partial charge in [-0.15, -0.1) is 0 Å². The van der Waals surface area contributed by atoms with Gasteiger partial charge in [0.25, 0.3) is 0 Å². The average Bonchev–Trinajstić information content (AvgIpc) is 2.58. The Morgan fingerprint density at radius 3 is 2.37 bits per heavy atom. The van der Waals surface area contributed by atoms with E-state index in [1.165, 1.54) is 22.7 Å². The van der Waals surface area contributed by atoms with Crippen molar-refractivity contribution in [3.05, 3.63) is 41.0 Å². The Hall–Kier alpha value is -1.82. The lowest BCUT2D eigenvalue weighted by molar-refractivity contribution is -0.122. The molecule has 5 nitrogen and oxygen atoms in total. The second kappa shape index (κ2) is 9.40. The van der Waals surface area contributed by atoms with Gasteiger partial charge in [-0.2, -0.15) is 0 Å². The number of nitrogens with one attached hydrogen (secondary N) is 1. The number of hydrogen-bond acceptors (Lipinski definition) is 3. The largest absolute Gasteiger partial charge is 0.354 e. The van der Waals surface area contributed by atoms with Crippen molar-refractivity contribution in [3.8, 4) is 0 Å². The zero-order valence-electron chi connectivity index (χ0n) is 16.9. The quantitative estimate of drug-likeness (QED) is 0.683. The first-order valence-corrected chi connectivity index (χ1v) is 11.6. The zero-order valence-corrected chi connectivity index (χ0v) is 17.7. The van der Waals surface area contributed by atoms with E-state index in [9.17, 15) is 13.2 Å². The highest BCUT2D eigenvalue weighted by Crippen LogP contribution is 2.25. The summed E-state index contributed by atoms with van der Waals surface area (Å²) in [4.78, 5) is 12.8. The molecule has 6 heteroatoms. The number of amides is 1. The van der Waals surface area contributed by atoms with Gasteiger partial charge in [-0.3, -0.25) is 9.10 Å². The van der Waals surface area contributed by atoms with Gasteiger partial charge >= 0.3 is 0 Å². The number of allylic oxidation sites excluding steroid dienone is 1. The average molecular weight is 393 g/mol. The van der Waals surface area contributed by atoms with Crippen LogP contribution in [0.3, 0.4) is 0 Å². The van der Waals surface area contributed by atoms with Gasteiger partial charge in [0.15, 0.2) is 0 Å². The second-order valence-electron chi connectivity index (χ2n) is 7.48. The normalized spacial score (nSPS) is 15.8. The highest BCUT2D eigenvalue weighted by atomic mass is 32.2. The van der Waals surface area contributed by atoms with Crippen molar-refractivity contribution < 1.29 is 13.2 Å². The number of aryl methyl sites for hydroxylation is 2. The Kier molecular flexibility index (Phi) is 7.48. The van der Waals surface area contributed by atoms with Crippen molar-refractivity contribution in [3.63, 3.8) is 0 Å². The molecule has 2 rings (SSSR count). The molecule has 0 bridgehead atoms. The molecule has 1 atom stereocenters. The summed E-state index contributed by atoms with van der Waals surface area (Å²) in [5.41, 5.74) is 3.88. The van der Waals surface area contributed by atoms with Gasteiger partial charge < -0.3 is 5.32 Å². The first-order valence-electron chi connectivity index (χ1n) is 9.75.